The lowest BCUT2D eigenvalue weighted by molar-refractivity contribution is 0.555. The van der Waals surface area contributed by atoms with Crippen LogP contribution in [0, 0.1) is 0 Å². The number of sulfonamides is 1. The fourth-order valence-corrected chi connectivity index (χ4v) is 3.87. The molecular weight excluding hydrogens is 296 g/mol. The predicted molar refractivity (Wildman–Crippen MR) is 83.1 cm³/mol. The highest BCUT2D eigenvalue weighted by atomic mass is 32.2. The van der Waals surface area contributed by atoms with Gasteiger partial charge in [-0.3, -0.25) is 4.21 Å². The van der Waals surface area contributed by atoms with E-state index in [0.717, 1.165) is 11.1 Å². The maximum atomic E-state index is 12.0. The van der Waals surface area contributed by atoms with E-state index in [2.05, 4.69) is 4.72 Å². The second-order valence-electron chi connectivity index (χ2n) is 4.86. The first-order chi connectivity index (χ1) is 9.32. The Kier molecular flexibility index (Phi) is 6.81. The lowest BCUT2D eigenvalue weighted by Crippen LogP contribution is -2.34. The molecule has 5 nitrogen and oxygen atoms in total. The van der Waals surface area contributed by atoms with E-state index in [4.69, 9.17) is 5.73 Å². The minimum Gasteiger partial charge on any atom is -0.326 e. The third-order valence-electron chi connectivity index (χ3n) is 2.83. The molecule has 0 saturated heterocycles. The average Bonchev–Trinajstić information content (AvgIpc) is 2.36. The summed E-state index contributed by atoms with van der Waals surface area (Å²) in [6, 6.07) is 6.98. The maximum Gasteiger partial charge on any atom is 0.216 e. The van der Waals surface area contributed by atoms with Crippen molar-refractivity contribution >= 4 is 20.8 Å². The summed E-state index contributed by atoms with van der Waals surface area (Å²) in [7, 11) is -4.28. The van der Waals surface area contributed by atoms with E-state index >= 15 is 0 Å². The summed E-state index contributed by atoms with van der Waals surface area (Å²) in [5, 5.41) is 0. The van der Waals surface area contributed by atoms with Crippen molar-refractivity contribution in [3.05, 3.63) is 35.4 Å². The van der Waals surface area contributed by atoms with Gasteiger partial charge in [-0.25, -0.2) is 13.1 Å². The molecular formula is C13H22N2O3S2. The van der Waals surface area contributed by atoms with Crippen LogP contribution in [0.4, 0.5) is 0 Å². The highest BCUT2D eigenvalue weighted by molar-refractivity contribution is 7.88. The number of nitrogens with two attached hydrogens (primary N) is 1. The number of nitrogens with one attached hydrogen (secondary N) is 1. The molecule has 0 aliphatic carbocycles. The van der Waals surface area contributed by atoms with Crippen LogP contribution in [0.5, 0.6) is 0 Å². The highest BCUT2D eigenvalue weighted by Gasteiger charge is 2.15. The van der Waals surface area contributed by atoms with Crippen molar-refractivity contribution in [1.29, 1.82) is 0 Å². The Morgan fingerprint density at radius 1 is 1.25 bits per heavy atom. The van der Waals surface area contributed by atoms with Crippen molar-refractivity contribution in [2.45, 2.75) is 31.7 Å². The topological polar surface area (TPSA) is 89.3 Å². The predicted octanol–water partition coefficient (Wildman–Crippen LogP) is 0.722. The van der Waals surface area contributed by atoms with Crippen LogP contribution in [0.3, 0.4) is 0 Å². The minimum absolute atomic E-state index is 0.0581. The second kappa shape index (κ2) is 7.87. The smallest absolute Gasteiger partial charge is 0.216 e. The van der Waals surface area contributed by atoms with Crippen LogP contribution in [-0.2, 0) is 33.1 Å². The van der Waals surface area contributed by atoms with Crippen molar-refractivity contribution in [2.75, 3.05) is 12.0 Å². The standard InChI is InChI=1S/C13H22N2O3S2/c1-11(7-8-19(2)16)15-20(17,18)10-13-5-3-12(9-14)4-6-13/h3-6,11,15H,7-10,14H2,1-2H3. The van der Waals surface area contributed by atoms with Gasteiger partial charge in [-0.1, -0.05) is 24.3 Å². The van der Waals surface area contributed by atoms with Crippen LogP contribution in [0.15, 0.2) is 24.3 Å². The van der Waals surface area contributed by atoms with Gasteiger partial charge in [0.1, 0.15) is 0 Å². The Labute approximate surface area is 123 Å². The van der Waals surface area contributed by atoms with E-state index in [1.807, 2.05) is 12.1 Å². The molecule has 114 valence electrons. The van der Waals surface area contributed by atoms with Gasteiger partial charge >= 0.3 is 0 Å². The summed E-state index contributed by atoms with van der Waals surface area (Å²) in [5.74, 6) is 0.437. The first-order valence-corrected chi connectivity index (χ1v) is 9.78. The van der Waals surface area contributed by atoms with E-state index < -0.39 is 20.8 Å². The van der Waals surface area contributed by atoms with Crippen LogP contribution in [-0.4, -0.2) is 30.7 Å². The zero-order valence-electron chi connectivity index (χ0n) is 11.8. The molecule has 20 heavy (non-hydrogen) atoms. The molecule has 0 bridgehead atoms. The van der Waals surface area contributed by atoms with E-state index in [0.29, 0.717) is 18.7 Å². The lowest BCUT2D eigenvalue weighted by atomic mass is 10.1. The van der Waals surface area contributed by atoms with Crippen molar-refractivity contribution < 1.29 is 12.6 Å². The van der Waals surface area contributed by atoms with Crippen molar-refractivity contribution in [2.24, 2.45) is 5.73 Å². The zero-order valence-corrected chi connectivity index (χ0v) is 13.5. The summed E-state index contributed by atoms with van der Waals surface area (Å²) >= 11 is 0. The van der Waals surface area contributed by atoms with Gasteiger partial charge < -0.3 is 5.73 Å². The Bertz CT molecular complexity index is 541. The van der Waals surface area contributed by atoms with Crippen LogP contribution >= 0.6 is 0 Å². The normalized spacial score (nSPS) is 14.9. The molecule has 1 aromatic carbocycles. The van der Waals surface area contributed by atoms with Crippen LogP contribution in [0.2, 0.25) is 0 Å². The van der Waals surface area contributed by atoms with E-state index in [1.165, 1.54) is 0 Å². The summed E-state index contributed by atoms with van der Waals surface area (Å²) in [6.07, 6.45) is 2.18. The molecule has 0 aromatic heterocycles. The van der Waals surface area contributed by atoms with Crippen molar-refractivity contribution in [1.82, 2.24) is 4.72 Å². The highest BCUT2D eigenvalue weighted by Crippen LogP contribution is 2.08. The van der Waals surface area contributed by atoms with Gasteiger partial charge in [0.2, 0.25) is 10.0 Å². The van der Waals surface area contributed by atoms with Crippen LogP contribution in [0.1, 0.15) is 24.5 Å². The Balaban J connectivity index is 2.57. The molecule has 7 heteroatoms. The Morgan fingerprint density at radius 2 is 1.80 bits per heavy atom. The molecule has 1 rings (SSSR count). The van der Waals surface area contributed by atoms with Crippen LogP contribution < -0.4 is 10.5 Å². The first-order valence-electron chi connectivity index (χ1n) is 6.40. The van der Waals surface area contributed by atoms with Gasteiger partial charge in [-0.05, 0) is 24.5 Å². The number of rotatable bonds is 8. The molecule has 3 N–H and O–H groups in total. The fourth-order valence-electron chi connectivity index (χ4n) is 1.74. The van der Waals surface area contributed by atoms with Gasteiger partial charge in [0.15, 0.2) is 0 Å². The van der Waals surface area contributed by atoms with Gasteiger partial charge in [0.25, 0.3) is 0 Å². The first kappa shape index (κ1) is 17.3. The molecule has 0 fully saturated rings. The molecule has 0 radical (unpaired) electrons. The monoisotopic (exact) mass is 318 g/mol. The minimum atomic E-state index is -3.38. The molecule has 0 aliphatic rings. The molecule has 0 heterocycles. The summed E-state index contributed by atoms with van der Waals surface area (Å²) in [4.78, 5) is 0. The summed E-state index contributed by atoms with van der Waals surface area (Å²) < 4.78 is 37.6. The Morgan fingerprint density at radius 3 is 2.30 bits per heavy atom. The van der Waals surface area contributed by atoms with Gasteiger partial charge in [-0.15, -0.1) is 0 Å². The van der Waals surface area contributed by atoms with Crippen LogP contribution in [0.25, 0.3) is 0 Å². The number of benzene rings is 1. The van der Waals surface area contributed by atoms with Crippen molar-refractivity contribution in [3.8, 4) is 0 Å². The number of hydrogen-bond acceptors (Lipinski definition) is 4. The largest absolute Gasteiger partial charge is 0.326 e. The van der Waals surface area contributed by atoms with Gasteiger partial charge in [-0.2, -0.15) is 0 Å². The summed E-state index contributed by atoms with van der Waals surface area (Å²) in [5.41, 5.74) is 7.19. The Hall–Kier alpha value is -0.760. The fraction of sp³-hybridized carbons (Fsp3) is 0.538. The van der Waals surface area contributed by atoms with Crippen molar-refractivity contribution in [3.63, 3.8) is 0 Å². The van der Waals surface area contributed by atoms with Gasteiger partial charge in [0.05, 0.1) is 5.75 Å². The van der Waals surface area contributed by atoms with E-state index in [9.17, 15) is 12.6 Å². The third-order valence-corrected chi connectivity index (χ3v) is 5.12. The quantitative estimate of drug-likeness (QED) is 0.739. The average molecular weight is 318 g/mol. The summed E-state index contributed by atoms with van der Waals surface area (Å²) in [6.45, 7) is 2.22. The third kappa shape index (κ3) is 6.60. The zero-order chi connectivity index (χ0) is 15.2. The molecule has 2 unspecified atom stereocenters. The molecule has 0 spiro atoms. The molecule has 2 atom stereocenters. The molecule has 1 aromatic rings. The van der Waals surface area contributed by atoms with E-state index in [-0.39, 0.29) is 11.8 Å². The molecule has 0 amide bonds. The maximum absolute atomic E-state index is 12.0. The van der Waals surface area contributed by atoms with E-state index in [1.54, 1.807) is 25.3 Å². The SMILES string of the molecule is CC(CCS(C)=O)NS(=O)(=O)Cc1ccc(CN)cc1. The second-order valence-corrected chi connectivity index (χ2v) is 8.17. The van der Waals surface area contributed by atoms with Gasteiger partial charge in [0, 0.05) is 35.4 Å². The lowest BCUT2D eigenvalue weighted by Gasteiger charge is -2.13. The molecule has 0 aliphatic heterocycles. The number of hydrogen-bond donors (Lipinski definition) is 2. The molecule has 0 saturated carbocycles.